The van der Waals surface area contributed by atoms with Crippen LogP contribution in [0.5, 0.6) is 23.0 Å². The van der Waals surface area contributed by atoms with Crippen LogP contribution in [0, 0.1) is 0 Å². The number of fused-ring (bicyclic) bond motifs is 2. The molecule has 2 aromatic rings. The maximum Gasteiger partial charge on any atom is 0.231 e. The van der Waals surface area contributed by atoms with Gasteiger partial charge in [0.05, 0.1) is 12.2 Å². The van der Waals surface area contributed by atoms with Gasteiger partial charge in [-0.2, -0.15) is 0 Å². The molecule has 0 bridgehead atoms. The van der Waals surface area contributed by atoms with Crippen LogP contribution >= 0.6 is 0 Å². The van der Waals surface area contributed by atoms with Gasteiger partial charge in [-0.1, -0.05) is 12.1 Å². The second kappa shape index (κ2) is 7.43. The second-order valence-corrected chi connectivity index (χ2v) is 6.25. The highest BCUT2D eigenvalue weighted by Crippen LogP contribution is 2.39. The van der Waals surface area contributed by atoms with E-state index in [1.807, 2.05) is 36.4 Å². The zero-order valence-corrected chi connectivity index (χ0v) is 14.9. The fraction of sp³-hybridized carbons (Fsp3) is 0.400. The number of rotatable bonds is 7. The topological polar surface area (TPSA) is 55.4 Å². The Hall–Kier alpha value is -2.44. The molecule has 0 radical (unpaired) electrons. The minimum Gasteiger partial charge on any atom is -0.454 e. The van der Waals surface area contributed by atoms with Gasteiger partial charge in [-0.25, -0.2) is 0 Å². The summed E-state index contributed by atoms with van der Waals surface area (Å²) in [5.41, 5.74) is 2.13. The van der Waals surface area contributed by atoms with E-state index in [2.05, 4.69) is 0 Å². The van der Waals surface area contributed by atoms with Crippen LogP contribution in [0.15, 0.2) is 36.4 Å². The fourth-order valence-electron chi connectivity index (χ4n) is 3.37. The Morgan fingerprint density at radius 2 is 1.12 bits per heavy atom. The standard InChI is InChI=1S/C20H22O6/c1-21-15(13-3-5-17-19(9-13)25-11-23-17)7-8-16(22-2)14-4-6-18-20(10-14)26-12-24-18/h3-6,9-10,15-16H,7-8,11-12H2,1-2H3. The third kappa shape index (κ3) is 3.30. The summed E-state index contributed by atoms with van der Waals surface area (Å²) in [6, 6.07) is 11.9. The third-order valence-corrected chi connectivity index (χ3v) is 4.80. The fourth-order valence-corrected chi connectivity index (χ4v) is 3.37. The molecule has 26 heavy (non-hydrogen) atoms. The van der Waals surface area contributed by atoms with Gasteiger partial charge >= 0.3 is 0 Å². The van der Waals surface area contributed by atoms with Gasteiger partial charge in [0.1, 0.15) is 0 Å². The molecule has 0 N–H and O–H groups in total. The Morgan fingerprint density at radius 1 is 0.692 bits per heavy atom. The molecule has 2 aliphatic rings. The van der Waals surface area contributed by atoms with Crippen molar-refractivity contribution in [2.24, 2.45) is 0 Å². The first-order valence-electron chi connectivity index (χ1n) is 8.63. The van der Waals surface area contributed by atoms with E-state index in [1.165, 1.54) is 0 Å². The van der Waals surface area contributed by atoms with Gasteiger partial charge in [0.15, 0.2) is 23.0 Å². The summed E-state index contributed by atoms with van der Waals surface area (Å²) in [6.45, 7) is 0.540. The van der Waals surface area contributed by atoms with Gasteiger partial charge in [-0.3, -0.25) is 0 Å². The second-order valence-electron chi connectivity index (χ2n) is 6.25. The number of benzene rings is 2. The Labute approximate surface area is 152 Å². The van der Waals surface area contributed by atoms with Crippen LogP contribution in [0.2, 0.25) is 0 Å². The maximum absolute atomic E-state index is 5.70. The molecule has 2 atom stereocenters. The van der Waals surface area contributed by atoms with Crippen LogP contribution in [0.3, 0.4) is 0 Å². The molecule has 0 saturated heterocycles. The summed E-state index contributed by atoms with van der Waals surface area (Å²) in [5.74, 6) is 3.09. The largest absolute Gasteiger partial charge is 0.454 e. The lowest BCUT2D eigenvalue weighted by Gasteiger charge is -2.21. The Bertz CT molecular complexity index is 709. The van der Waals surface area contributed by atoms with Crippen molar-refractivity contribution in [2.75, 3.05) is 27.8 Å². The third-order valence-electron chi connectivity index (χ3n) is 4.80. The summed E-state index contributed by atoms with van der Waals surface area (Å²) in [5, 5.41) is 0. The van der Waals surface area contributed by atoms with Crippen molar-refractivity contribution in [2.45, 2.75) is 25.0 Å². The average Bonchev–Trinajstić information content (AvgIpc) is 3.33. The quantitative estimate of drug-likeness (QED) is 0.746. The lowest BCUT2D eigenvalue weighted by molar-refractivity contribution is 0.0529. The first-order valence-corrected chi connectivity index (χ1v) is 8.63. The summed E-state index contributed by atoms with van der Waals surface area (Å²) in [7, 11) is 3.44. The van der Waals surface area contributed by atoms with Crippen molar-refractivity contribution in [1.82, 2.24) is 0 Å². The molecule has 2 heterocycles. The van der Waals surface area contributed by atoms with Crippen LogP contribution < -0.4 is 18.9 Å². The number of hydrogen-bond donors (Lipinski definition) is 0. The van der Waals surface area contributed by atoms with Crippen LogP contribution in [0.4, 0.5) is 0 Å². The van der Waals surface area contributed by atoms with Crippen molar-refractivity contribution in [1.29, 1.82) is 0 Å². The molecule has 138 valence electrons. The molecule has 2 aliphatic heterocycles. The van der Waals surface area contributed by atoms with Gasteiger partial charge in [0.25, 0.3) is 0 Å². The number of hydrogen-bond acceptors (Lipinski definition) is 6. The van der Waals surface area contributed by atoms with E-state index in [0.717, 1.165) is 47.0 Å². The maximum atomic E-state index is 5.70. The van der Waals surface area contributed by atoms with E-state index in [4.69, 9.17) is 28.4 Å². The van der Waals surface area contributed by atoms with Gasteiger partial charge in [-0.05, 0) is 48.2 Å². The van der Waals surface area contributed by atoms with Crippen LogP contribution in [0.25, 0.3) is 0 Å². The molecule has 6 heteroatoms. The minimum absolute atomic E-state index is 0.0452. The highest BCUT2D eigenvalue weighted by Gasteiger charge is 2.21. The lowest BCUT2D eigenvalue weighted by atomic mass is 9.98. The van der Waals surface area contributed by atoms with Crippen molar-refractivity contribution in [3.05, 3.63) is 47.5 Å². The van der Waals surface area contributed by atoms with E-state index >= 15 is 0 Å². The molecule has 0 spiro atoms. The van der Waals surface area contributed by atoms with Crippen molar-refractivity contribution in [3.63, 3.8) is 0 Å². The van der Waals surface area contributed by atoms with E-state index in [-0.39, 0.29) is 25.8 Å². The molecule has 0 aliphatic carbocycles. The Balaban J connectivity index is 1.45. The minimum atomic E-state index is -0.0452. The van der Waals surface area contributed by atoms with Gasteiger partial charge < -0.3 is 28.4 Å². The van der Waals surface area contributed by atoms with E-state index in [1.54, 1.807) is 14.2 Å². The highest BCUT2D eigenvalue weighted by atomic mass is 16.7. The van der Waals surface area contributed by atoms with Gasteiger partial charge in [0, 0.05) is 14.2 Å². The molecular weight excluding hydrogens is 336 g/mol. The summed E-state index contributed by atoms with van der Waals surface area (Å²) < 4.78 is 33.1. The van der Waals surface area contributed by atoms with E-state index in [9.17, 15) is 0 Å². The summed E-state index contributed by atoms with van der Waals surface area (Å²) in [4.78, 5) is 0. The monoisotopic (exact) mass is 358 g/mol. The van der Waals surface area contributed by atoms with E-state index in [0.29, 0.717) is 0 Å². The van der Waals surface area contributed by atoms with Crippen LogP contribution in [-0.2, 0) is 9.47 Å². The lowest BCUT2D eigenvalue weighted by Crippen LogP contribution is -2.07. The molecular formula is C20H22O6. The molecule has 0 aromatic heterocycles. The van der Waals surface area contributed by atoms with Crippen molar-refractivity contribution in [3.8, 4) is 23.0 Å². The number of methoxy groups -OCH3 is 2. The predicted molar refractivity (Wildman–Crippen MR) is 93.9 cm³/mol. The molecule has 2 aromatic carbocycles. The van der Waals surface area contributed by atoms with Crippen molar-refractivity contribution >= 4 is 0 Å². The Morgan fingerprint density at radius 3 is 1.54 bits per heavy atom. The van der Waals surface area contributed by atoms with E-state index < -0.39 is 0 Å². The molecule has 0 fully saturated rings. The molecule has 4 rings (SSSR count). The average molecular weight is 358 g/mol. The molecule has 2 unspecified atom stereocenters. The normalized spacial score (nSPS) is 16.5. The Kier molecular flexibility index (Phi) is 4.86. The van der Waals surface area contributed by atoms with Crippen LogP contribution in [0.1, 0.15) is 36.2 Å². The molecule has 0 saturated carbocycles. The molecule has 0 amide bonds. The van der Waals surface area contributed by atoms with Crippen molar-refractivity contribution < 1.29 is 28.4 Å². The zero-order valence-electron chi connectivity index (χ0n) is 14.9. The van der Waals surface area contributed by atoms with Gasteiger partial charge in [0.2, 0.25) is 13.6 Å². The SMILES string of the molecule is COC(CCC(OC)c1ccc2c(c1)OCO2)c1ccc2c(c1)OCO2. The summed E-state index contributed by atoms with van der Waals surface area (Å²) >= 11 is 0. The number of ether oxygens (including phenoxy) is 6. The first-order chi connectivity index (χ1) is 12.8. The first kappa shape index (κ1) is 17.0. The predicted octanol–water partition coefficient (Wildman–Crippen LogP) is 4.00. The zero-order chi connectivity index (χ0) is 17.9. The van der Waals surface area contributed by atoms with Crippen LogP contribution in [-0.4, -0.2) is 27.8 Å². The molecule has 6 nitrogen and oxygen atoms in total. The smallest absolute Gasteiger partial charge is 0.231 e. The summed E-state index contributed by atoms with van der Waals surface area (Å²) in [6.07, 6.45) is 1.53. The van der Waals surface area contributed by atoms with Gasteiger partial charge in [-0.15, -0.1) is 0 Å². The highest BCUT2D eigenvalue weighted by molar-refractivity contribution is 5.46.